The summed E-state index contributed by atoms with van der Waals surface area (Å²) in [6, 6.07) is 12.0. The summed E-state index contributed by atoms with van der Waals surface area (Å²) in [6.45, 7) is 9.29. The molecule has 1 amide bonds. The van der Waals surface area contributed by atoms with Crippen molar-refractivity contribution in [1.29, 1.82) is 0 Å². The van der Waals surface area contributed by atoms with E-state index in [1.165, 1.54) is 11.1 Å². The van der Waals surface area contributed by atoms with Crippen LogP contribution < -0.4 is 4.90 Å². The number of para-hydroxylation sites is 1. The lowest BCUT2D eigenvalue weighted by Crippen LogP contribution is -2.40. The van der Waals surface area contributed by atoms with Crippen LogP contribution in [0.25, 0.3) is 21.3 Å². The van der Waals surface area contributed by atoms with E-state index in [0.717, 1.165) is 65.7 Å². The van der Waals surface area contributed by atoms with E-state index in [1.54, 1.807) is 16.0 Å². The number of nitrogens with zero attached hydrogens (tertiary/aromatic N) is 6. The highest BCUT2D eigenvalue weighted by Crippen LogP contribution is 2.32. The van der Waals surface area contributed by atoms with Crippen molar-refractivity contribution in [2.45, 2.75) is 26.8 Å². The minimum atomic E-state index is -0.0268. The molecule has 1 fully saturated rings. The number of carbonyl (C=O) groups is 1. The van der Waals surface area contributed by atoms with Crippen LogP contribution in [0, 0.1) is 13.8 Å². The van der Waals surface area contributed by atoms with Gasteiger partial charge in [0, 0.05) is 26.2 Å². The van der Waals surface area contributed by atoms with Gasteiger partial charge in [0.05, 0.1) is 28.9 Å². The fraction of sp³-hybridized carbons (Fsp3) is 0.417. The summed E-state index contributed by atoms with van der Waals surface area (Å²) in [5.74, 6) is -0.0268. The van der Waals surface area contributed by atoms with E-state index in [9.17, 15) is 4.79 Å². The van der Waals surface area contributed by atoms with Crippen LogP contribution in [-0.2, 0) is 16.1 Å². The molecule has 1 saturated heterocycles. The molecule has 1 aliphatic heterocycles. The fourth-order valence-electron chi connectivity index (χ4n) is 4.33. The molecule has 33 heavy (non-hydrogen) atoms. The van der Waals surface area contributed by atoms with Gasteiger partial charge < -0.3 is 4.74 Å². The first-order valence-electron chi connectivity index (χ1n) is 11.3. The maximum atomic E-state index is 13.5. The van der Waals surface area contributed by atoms with Crippen LogP contribution in [0.3, 0.4) is 0 Å². The van der Waals surface area contributed by atoms with Crippen LogP contribution in [0.5, 0.6) is 0 Å². The quantitative estimate of drug-likeness (QED) is 0.417. The Bertz CT molecular complexity index is 1280. The van der Waals surface area contributed by atoms with Gasteiger partial charge in [-0.1, -0.05) is 34.7 Å². The zero-order valence-electron chi connectivity index (χ0n) is 19.0. The number of carbonyl (C=O) groups excluding carboxylic acids is 1. The van der Waals surface area contributed by atoms with Crippen LogP contribution in [-0.4, -0.2) is 70.2 Å². The predicted molar refractivity (Wildman–Crippen MR) is 131 cm³/mol. The van der Waals surface area contributed by atoms with Crippen molar-refractivity contribution in [1.82, 2.24) is 24.9 Å². The minimum absolute atomic E-state index is 0.0268. The second-order valence-electron chi connectivity index (χ2n) is 8.52. The van der Waals surface area contributed by atoms with Crippen molar-refractivity contribution in [3.8, 4) is 0 Å². The monoisotopic (exact) mass is 464 g/mol. The van der Waals surface area contributed by atoms with Crippen molar-refractivity contribution in [3.63, 3.8) is 0 Å². The average molecular weight is 465 g/mol. The van der Waals surface area contributed by atoms with Gasteiger partial charge in [-0.05, 0) is 49.6 Å². The molecule has 0 spiro atoms. The largest absolute Gasteiger partial charge is 0.379 e. The van der Waals surface area contributed by atoms with Crippen LogP contribution in [0.15, 0.2) is 36.4 Å². The average Bonchev–Trinajstić information content (AvgIpc) is 3.42. The number of fused-ring (bicyclic) bond motifs is 2. The Balaban J connectivity index is 1.40. The van der Waals surface area contributed by atoms with Gasteiger partial charge >= 0.3 is 0 Å². The Hall–Kier alpha value is -2.88. The summed E-state index contributed by atoms with van der Waals surface area (Å²) in [4.78, 5) is 22.6. The zero-order chi connectivity index (χ0) is 22.8. The van der Waals surface area contributed by atoms with E-state index in [2.05, 4.69) is 41.2 Å². The number of benzene rings is 2. The third-order valence-corrected chi connectivity index (χ3v) is 7.24. The molecular weight excluding hydrogens is 436 g/mol. The third-order valence-electron chi connectivity index (χ3n) is 6.01. The molecule has 5 rings (SSSR count). The molecule has 0 aliphatic carbocycles. The Morgan fingerprint density at radius 3 is 2.82 bits per heavy atom. The maximum absolute atomic E-state index is 13.5. The minimum Gasteiger partial charge on any atom is -0.379 e. The molecule has 8 nitrogen and oxygen atoms in total. The number of morpholine rings is 1. The van der Waals surface area contributed by atoms with Gasteiger partial charge in [0.2, 0.25) is 0 Å². The van der Waals surface area contributed by atoms with Crippen LogP contribution in [0.1, 0.15) is 17.5 Å². The number of aryl methyl sites for hydroxylation is 2. The fourth-order valence-corrected chi connectivity index (χ4v) is 5.39. The summed E-state index contributed by atoms with van der Waals surface area (Å²) in [5, 5.41) is 9.15. The predicted octanol–water partition coefficient (Wildman–Crippen LogP) is 3.41. The molecule has 3 heterocycles. The number of anilines is 1. The van der Waals surface area contributed by atoms with Gasteiger partial charge in [0.15, 0.2) is 5.13 Å². The molecule has 0 bridgehead atoms. The summed E-state index contributed by atoms with van der Waals surface area (Å²) in [6.07, 6.45) is 0.873. The molecule has 0 unspecified atom stereocenters. The lowest BCUT2D eigenvalue weighted by atomic mass is 10.1. The summed E-state index contributed by atoms with van der Waals surface area (Å²) in [5.41, 5.74) is 4.96. The first-order valence-corrected chi connectivity index (χ1v) is 12.2. The van der Waals surface area contributed by atoms with Crippen LogP contribution in [0.2, 0.25) is 0 Å². The lowest BCUT2D eigenvalue weighted by Gasteiger charge is -2.27. The van der Waals surface area contributed by atoms with Crippen LogP contribution in [0.4, 0.5) is 5.13 Å². The number of amides is 1. The molecule has 2 aromatic heterocycles. The lowest BCUT2D eigenvalue weighted by molar-refractivity contribution is -0.119. The Morgan fingerprint density at radius 2 is 1.97 bits per heavy atom. The van der Waals surface area contributed by atoms with Crippen molar-refractivity contribution in [2.24, 2.45) is 0 Å². The second-order valence-corrected chi connectivity index (χ2v) is 9.49. The Morgan fingerprint density at radius 1 is 1.15 bits per heavy atom. The summed E-state index contributed by atoms with van der Waals surface area (Å²) >= 11 is 1.59. The highest BCUT2D eigenvalue weighted by Gasteiger charge is 2.22. The third kappa shape index (κ3) is 4.75. The van der Waals surface area contributed by atoms with Crippen molar-refractivity contribution >= 4 is 43.6 Å². The summed E-state index contributed by atoms with van der Waals surface area (Å²) in [7, 11) is 0. The molecular formula is C24H28N6O2S. The first kappa shape index (κ1) is 21.9. The van der Waals surface area contributed by atoms with Crippen molar-refractivity contribution in [2.75, 3.05) is 44.3 Å². The Labute approximate surface area is 196 Å². The molecule has 1 aliphatic rings. The van der Waals surface area contributed by atoms with Crippen molar-refractivity contribution < 1.29 is 9.53 Å². The zero-order valence-corrected chi connectivity index (χ0v) is 19.8. The van der Waals surface area contributed by atoms with Gasteiger partial charge in [-0.15, -0.1) is 5.10 Å². The van der Waals surface area contributed by atoms with Crippen molar-refractivity contribution in [3.05, 3.63) is 47.5 Å². The molecule has 0 saturated carbocycles. The molecule has 0 N–H and O–H groups in total. The smallest absolute Gasteiger partial charge is 0.250 e. The van der Waals surface area contributed by atoms with E-state index in [-0.39, 0.29) is 12.5 Å². The molecule has 0 atom stereocenters. The number of hydrogen-bond acceptors (Lipinski definition) is 7. The van der Waals surface area contributed by atoms with Gasteiger partial charge in [-0.2, -0.15) is 0 Å². The highest BCUT2D eigenvalue weighted by atomic mass is 32.1. The van der Waals surface area contributed by atoms with E-state index >= 15 is 0 Å². The molecule has 2 aromatic carbocycles. The Kier molecular flexibility index (Phi) is 6.34. The first-order chi connectivity index (χ1) is 16.1. The van der Waals surface area contributed by atoms with E-state index in [4.69, 9.17) is 9.72 Å². The number of thiazole rings is 1. The SMILES string of the molecule is Cc1cc(C)c2sc(N(CCCN3CCOCC3)C(=O)Cn3nnc4ccccc43)nc2c1. The normalized spacial score (nSPS) is 14.8. The van der Waals surface area contributed by atoms with Gasteiger partial charge in [0.1, 0.15) is 12.1 Å². The number of aromatic nitrogens is 4. The topological polar surface area (TPSA) is 76.4 Å². The number of rotatable bonds is 7. The number of ether oxygens (including phenoxy) is 1. The van der Waals surface area contributed by atoms with Gasteiger partial charge in [-0.25, -0.2) is 9.67 Å². The highest BCUT2D eigenvalue weighted by molar-refractivity contribution is 7.22. The molecule has 172 valence electrons. The van der Waals surface area contributed by atoms with Gasteiger partial charge in [0.25, 0.3) is 5.91 Å². The summed E-state index contributed by atoms with van der Waals surface area (Å²) < 4.78 is 8.26. The van der Waals surface area contributed by atoms with Crippen LogP contribution >= 0.6 is 11.3 Å². The second kappa shape index (κ2) is 9.54. The molecule has 0 radical (unpaired) electrons. The molecule has 4 aromatic rings. The van der Waals surface area contributed by atoms with E-state index < -0.39 is 0 Å². The van der Waals surface area contributed by atoms with E-state index in [1.807, 2.05) is 29.2 Å². The molecule has 9 heteroatoms. The standard InChI is InChI=1S/C24H28N6O2S/c1-17-14-18(2)23-20(15-17)25-24(33-23)29(9-5-8-28-10-12-32-13-11-28)22(31)16-30-21-7-4-3-6-19(21)26-27-30/h3-4,6-7,14-15H,5,8-13,16H2,1-2H3. The maximum Gasteiger partial charge on any atom is 0.250 e. The number of hydrogen-bond donors (Lipinski definition) is 0. The van der Waals surface area contributed by atoms with Gasteiger partial charge in [-0.3, -0.25) is 14.6 Å². The van der Waals surface area contributed by atoms with E-state index in [0.29, 0.717) is 6.54 Å².